The summed E-state index contributed by atoms with van der Waals surface area (Å²) < 4.78 is 10.9. The molecule has 0 spiro atoms. The Morgan fingerprint density at radius 1 is 1.28 bits per heavy atom. The number of carbonyl (C=O) groups excluding carboxylic acids is 1. The van der Waals surface area contributed by atoms with Crippen LogP contribution in [0, 0.1) is 0 Å². The molecule has 0 saturated carbocycles. The first-order valence-electron chi connectivity index (χ1n) is 5.73. The highest BCUT2D eigenvalue weighted by Crippen LogP contribution is 2.28. The Morgan fingerprint density at radius 3 is 2.67 bits per heavy atom. The largest absolute Gasteiger partial charge is 0.493 e. The van der Waals surface area contributed by atoms with Gasteiger partial charge in [-0.05, 0) is 43.7 Å². The summed E-state index contributed by atoms with van der Waals surface area (Å²) in [5, 5.41) is 0. The maximum Gasteiger partial charge on any atom is 0.161 e. The molecule has 96 valence electrons. The average Bonchev–Trinajstić information content (AvgIpc) is 2.36. The maximum absolute atomic E-state index is 10.3. The molecule has 0 aliphatic heterocycles. The van der Waals surface area contributed by atoms with Gasteiger partial charge in [0.1, 0.15) is 12.9 Å². The van der Waals surface area contributed by atoms with E-state index in [0.717, 1.165) is 11.8 Å². The van der Waals surface area contributed by atoms with Gasteiger partial charge in [0.05, 0.1) is 7.11 Å². The lowest BCUT2D eigenvalue weighted by atomic mass is 10.2. The Kier molecular flexibility index (Phi) is 5.71. The number of rotatable bonds is 6. The molecule has 0 aromatic heterocycles. The number of methoxy groups -OCH3 is 1. The van der Waals surface area contributed by atoms with Gasteiger partial charge in [-0.1, -0.05) is 17.7 Å². The summed E-state index contributed by atoms with van der Waals surface area (Å²) in [4.78, 5) is 10.3. The van der Waals surface area contributed by atoms with Crippen LogP contribution in [-0.2, 0) is 4.79 Å². The Morgan fingerprint density at radius 2 is 2.06 bits per heavy atom. The van der Waals surface area contributed by atoms with Crippen molar-refractivity contribution in [2.45, 2.75) is 13.8 Å². The van der Waals surface area contributed by atoms with Crippen molar-refractivity contribution in [2.75, 3.05) is 13.7 Å². The summed E-state index contributed by atoms with van der Waals surface area (Å²) in [6, 6.07) is 5.54. The summed E-state index contributed by atoms with van der Waals surface area (Å²) in [5.74, 6) is 1.35. The third-order valence-electron chi connectivity index (χ3n) is 2.29. The molecule has 3 nitrogen and oxygen atoms in total. The predicted octanol–water partition coefficient (Wildman–Crippen LogP) is 3.25. The van der Waals surface area contributed by atoms with Gasteiger partial charge >= 0.3 is 0 Å². The second kappa shape index (κ2) is 7.33. The minimum absolute atomic E-state index is 0.516. The number of hydrogen-bond acceptors (Lipinski definition) is 3. The molecule has 0 unspecified atom stereocenters. The summed E-state index contributed by atoms with van der Waals surface area (Å²) in [6.45, 7) is 4.56. The molecule has 1 aromatic rings. The molecule has 3 heteroatoms. The van der Waals surface area contributed by atoms with Crippen LogP contribution in [0.4, 0.5) is 0 Å². The van der Waals surface area contributed by atoms with Gasteiger partial charge < -0.3 is 9.47 Å². The zero-order valence-electron chi connectivity index (χ0n) is 11.0. The summed E-state index contributed by atoms with van der Waals surface area (Å²) in [7, 11) is 1.59. The van der Waals surface area contributed by atoms with E-state index in [1.165, 1.54) is 11.6 Å². The van der Waals surface area contributed by atoms with E-state index >= 15 is 0 Å². The summed E-state index contributed by atoms with van der Waals surface area (Å²) in [5.41, 5.74) is 2.10. The number of hydrogen-bond donors (Lipinski definition) is 0. The number of benzene rings is 1. The molecule has 0 aliphatic carbocycles. The predicted molar refractivity (Wildman–Crippen MR) is 73.0 cm³/mol. The molecule has 0 bridgehead atoms. The summed E-state index contributed by atoms with van der Waals surface area (Å²) >= 11 is 0. The molecule has 0 N–H and O–H groups in total. The van der Waals surface area contributed by atoms with E-state index < -0.39 is 0 Å². The molecule has 0 amide bonds. The normalized spacial score (nSPS) is 10.2. The van der Waals surface area contributed by atoms with E-state index in [2.05, 4.69) is 0 Å². The lowest BCUT2D eigenvalue weighted by Crippen LogP contribution is -1.97. The number of carbonyl (C=O) groups is 1. The first-order valence-corrected chi connectivity index (χ1v) is 5.73. The second-order valence-electron chi connectivity index (χ2n) is 4.00. The fourth-order valence-electron chi connectivity index (χ4n) is 1.36. The zero-order valence-corrected chi connectivity index (χ0v) is 11.0. The van der Waals surface area contributed by atoms with Crippen LogP contribution in [-0.4, -0.2) is 20.0 Å². The van der Waals surface area contributed by atoms with Crippen LogP contribution in [0.2, 0.25) is 0 Å². The first kappa shape index (κ1) is 14.0. The number of allylic oxidation sites excluding steroid dienone is 2. The molecular weight excluding hydrogens is 228 g/mol. The van der Waals surface area contributed by atoms with Crippen molar-refractivity contribution >= 4 is 12.4 Å². The van der Waals surface area contributed by atoms with E-state index in [4.69, 9.17) is 9.47 Å². The molecule has 1 aromatic carbocycles. The van der Waals surface area contributed by atoms with Crippen LogP contribution < -0.4 is 9.47 Å². The van der Waals surface area contributed by atoms with Crippen molar-refractivity contribution in [1.29, 1.82) is 0 Å². The van der Waals surface area contributed by atoms with Gasteiger partial charge in [-0.25, -0.2) is 0 Å². The quantitative estimate of drug-likeness (QED) is 0.439. The van der Waals surface area contributed by atoms with E-state index in [-0.39, 0.29) is 0 Å². The Bertz CT molecular complexity index is 455. The third kappa shape index (κ3) is 4.45. The highest BCUT2D eigenvalue weighted by molar-refractivity contribution is 5.74. The van der Waals surface area contributed by atoms with Gasteiger partial charge in [0, 0.05) is 0 Å². The third-order valence-corrected chi connectivity index (χ3v) is 2.29. The van der Waals surface area contributed by atoms with Crippen molar-refractivity contribution in [3.63, 3.8) is 0 Å². The smallest absolute Gasteiger partial charge is 0.161 e. The molecule has 0 heterocycles. The molecule has 1 rings (SSSR count). The monoisotopic (exact) mass is 246 g/mol. The molecule has 0 radical (unpaired) electrons. The van der Waals surface area contributed by atoms with Crippen LogP contribution >= 0.6 is 0 Å². The van der Waals surface area contributed by atoms with Crippen LogP contribution in [0.15, 0.2) is 35.9 Å². The molecule has 0 saturated heterocycles. The van der Waals surface area contributed by atoms with Gasteiger partial charge in [-0.2, -0.15) is 0 Å². The number of ether oxygens (including phenoxy) is 2. The van der Waals surface area contributed by atoms with E-state index in [0.29, 0.717) is 18.1 Å². The summed E-state index contributed by atoms with van der Waals surface area (Å²) in [6.07, 6.45) is 5.90. The topological polar surface area (TPSA) is 35.5 Å². The van der Waals surface area contributed by atoms with Gasteiger partial charge in [-0.15, -0.1) is 0 Å². The molecule has 0 aliphatic rings. The first-order chi connectivity index (χ1) is 8.67. The highest BCUT2D eigenvalue weighted by Gasteiger charge is 2.03. The van der Waals surface area contributed by atoms with Crippen molar-refractivity contribution in [2.24, 2.45) is 0 Å². The van der Waals surface area contributed by atoms with Gasteiger partial charge in [0.15, 0.2) is 11.5 Å². The van der Waals surface area contributed by atoms with E-state index in [1.54, 1.807) is 13.2 Å². The van der Waals surface area contributed by atoms with Crippen LogP contribution in [0.1, 0.15) is 19.4 Å². The minimum Gasteiger partial charge on any atom is -0.493 e. The molecule has 0 atom stereocenters. The van der Waals surface area contributed by atoms with Gasteiger partial charge in [0.25, 0.3) is 0 Å². The van der Waals surface area contributed by atoms with Crippen molar-refractivity contribution in [1.82, 2.24) is 0 Å². The minimum atomic E-state index is 0.516. The highest BCUT2D eigenvalue weighted by atomic mass is 16.5. The van der Waals surface area contributed by atoms with E-state index in [1.807, 2.05) is 38.1 Å². The zero-order chi connectivity index (χ0) is 13.4. The van der Waals surface area contributed by atoms with Crippen LogP contribution in [0.25, 0.3) is 6.08 Å². The molecule has 0 fully saturated rings. The molecule has 18 heavy (non-hydrogen) atoms. The van der Waals surface area contributed by atoms with Crippen LogP contribution in [0.3, 0.4) is 0 Å². The van der Waals surface area contributed by atoms with Gasteiger partial charge in [-0.3, -0.25) is 4.79 Å². The lowest BCUT2D eigenvalue weighted by Gasteiger charge is -2.10. The van der Waals surface area contributed by atoms with E-state index in [9.17, 15) is 4.79 Å². The lowest BCUT2D eigenvalue weighted by molar-refractivity contribution is -0.104. The Balaban J connectivity index is 2.83. The fourth-order valence-corrected chi connectivity index (χ4v) is 1.36. The molecular formula is C15H18O3. The maximum atomic E-state index is 10.3. The standard InChI is InChI=1S/C15H18O3/c1-12(2)8-10-18-14-7-6-13(5-4-9-16)11-15(14)17-3/h4-9,11H,10H2,1-3H3/b5-4+. The number of aldehydes is 1. The van der Waals surface area contributed by atoms with Gasteiger partial charge in [0.2, 0.25) is 0 Å². The Labute approximate surface area is 108 Å². The second-order valence-corrected chi connectivity index (χ2v) is 4.00. The Hall–Kier alpha value is -2.03. The fraction of sp³-hybridized carbons (Fsp3) is 0.267. The van der Waals surface area contributed by atoms with Crippen LogP contribution in [0.5, 0.6) is 11.5 Å². The average molecular weight is 246 g/mol. The van der Waals surface area contributed by atoms with Crippen molar-refractivity contribution in [3.8, 4) is 11.5 Å². The van der Waals surface area contributed by atoms with Crippen molar-refractivity contribution < 1.29 is 14.3 Å². The van der Waals surface area contributed by atoms with Crippen molar-refractivity contribution in [3.05, 3.63) is 41.5 Å². The SMILES string of the molecule is COc1cc(/C=C/C=O)ccc1OCC=C(C)C.